The predicted molar refractivity (Wildman–Crippen MR) is 114 cm³/mol. The molecule has 30 heavy (non-hydrogen) atoms. The molecule has 3 heterocycles. The molecule has 0 radical (unpaired) electrons. The van der Waals surface area contributed by atoms with Crippen molar-refractivity contribution in [2.24, 2.45) is 0 Å². The highest BCUT2D eigenvalue weighted by Crippen LogP contribution is 2.25. The normalized spacial score (nSPS) is 11.9. The van der Waals surface area contributed by atoms with Gasteiger partial charge in [-0.15, -0.1) is 23.1 Å². The second-order valence-electron chi connectivity index (χ2n) is 6.42. The molecule has 0 amide bonds. The molecule has 1 unspecified atom stereocenters. The Balaban J connectivity index is 1.34. The Hall–Kier alpha value is -3.04. The molecular formula is C21H18N4O3S2. The minimum absolute atomic E-state index is 0.230. The monoisotopic (exact) mass is 438 g/mol. The summed E-state index contributed by atoms with van der Waals surface area (Å²) in [5.41, 5.74) is 2.25. The van der Waals surface area contributed by atoms with E-state index in [1.54, 1.807) is 60.6 Å². The minimum atomic E-state index is -0.669. The van der Waals surface area contributed by atoms with E-state index in [0.717, 1.165) is 26.9 Å². The van der Waals surface area contributed by atoms with Gasteiger partial charge in [0, 0.05) is 34.0 Å². The molecule has 9 heteroatoms. The number of aryl methyl sites for hydroxylation is 1. The van der Waals surface area contributed by atoms with E-state index in [1.807, 2.05) is 25.1 Å². The summed E-state index contributed by atoms with van der Waals surface area (Å²) in [5, 5.41) is 7.05. The van der Waals surface area contributed by atoms with Gasteiger partial charge in [0.1, 0.15) is 0 Å². The molecule has 0 saturated heterocycles. The number of ether oxygens (including phenoxy) is 1. The fraction of sp³-hybridized carbons (Fsp3) is 0.190. The van der Waals surface area contributed by atoms with Crippen molar-refractivity contribution in [2.45, 2.75) is 30.6 Å². The summed E-state index contributed by atoms with van der Waals surface area (Å²) in [5.74, 6) is 0.975. The third-order valence-electron chi connectivity index (χ3n) is 4.14. The second-order valence-corrected chi connectivity index (χ2v) is 8.53. The number of aromatic nitrogens is 4. The van der Waals surface area contributed by atoms with Crippen LogP contribution in [0.15, 0.2) is 63.6 Å². The fourth-order valence-corrected chi connectivity index (χ4v) is 4.12. The highest BCUT2D eigenvalue weighted by molar-refractivity contribution is 7.98. The summed E-state index contributed by atoms with van der Waals surface area (Å²) in [7, 11) is 0. The lowest BCUT2D eigenvalue weighted by Crippen LogP contribution is -2.09. The Bertz CT molecular complexity index is 1130. The summed E-state index contributed by atoms with van der Waals surface area (Å²) in [4.78, 5) is 26.3. The summed E-state index contributed by atoms with van der Waals surface area (Å²) in [6, 6.07) is 10.9. The molecule has 0 aliphatic carbocycles. The summed E-state index contributed by atoms with van der Waals surface area (Å²) < 4.78 is 10.7. The van der Waals surface area contributed by atoms with E-state index in [1.165, 1.54) is 0 Å². The van der Waals surface area contributed by atoms with Gasteiger partial charge < -0.3 is 9.26 Å². The molecule has 0 saturated carbocycles. The number of nitrogens with zero attached hydrogens (tertiary/aromatic N) is 4. The van der Waals surface area contributed by atoms with Crippen LogP contribution in [0.3, 0.4) is 0 Å². The van der Waals surface area contributed by atoms with E-state index in [9.17, 15) is 4.79 Å². The quantitative estimate of drug-likeness (QED) is 0.290. The van der Waals surface area contributed by atoms with Gasteiger partial charge in [0.15, 0.2) is 6.10 Å². The summed E-state index contributed by atoms with van der Waals surface area (Å²) in [6.45, 7) is 3.69. The molecule has 0 aliphatic heterocycles. The van der Waals surface area contributed by atoms with E-state index in [0.29, 0.717) is 11.4 Å². The zero-order valence-corrected chi connectivity index (χ0v) is 17.9. The third-order valence-corrected chi connectivity index (χ3v) is 6.00. The number of pyridine rings is 1. The number of carbonyl (C=O) groups is 1. The van der Waals surface area contributed by atoms with Crippen molar-refractivity contribution >= 4 is 29.1 Å². The van der Waals surface area contributed by atoms with E-state index >= 15 is 0 Å². The smallest absolute Gasteiger partial charge is 0.338 e. The second kappa shape index (κ2) is 9.19. The van der Waals surface area contributed by atoms with E-state index in [-0.39, 0.29) is 5.89 Å². The number of benzene rings is 1. The van der Waals surface area contributed by atoms with Crippen molar-refractivity contribution in [2.75, 3.05) is 0 Å². The SMILES string of the molecule is Cc1nc(CSc2ccc(C(=O)OC(C)c3nc(-c4cccnc4)no3)cc2)cs1. The van der Waals surface area contributed by atoms with Crippen molar-refractivity contribution < 1.29 is 14.1 Å². The molecule has 0 aliphatic rings. The lowest BCUT2D eigenvalue weighted by Gasteiger charge is -2.09. The molecule has 0 bridgehead atoms. The molecule has 4 rings (SSSR count). The Morgan fingerprint density at radius 2 is 2.07 bits per heavy atom. The first-order valence-corrected chi connectivity index (χ1v) is 11.0. The van der Waals surface area contributed by atoms with Crippen molar-refractivity contribution in [3.63, 3.8) is 0 Å². The summed E-state index contributed by atoms with van der Waals surface area (Å²) >= 11 is 3.32. The van der Waals surface area contributed by atoms with Crippen molar-refractivity contribution in [3.05, 3.63) is 76.3 Å². The number of esters is 1. The Morgan fingerprint density at radius 3 is 2.77 bits per heavy atom. The topological polar surface area (TPSA) is 91.0 Å². The van der Waals surface area contributed by atoms with Gasteiger partial charge in [0.05, 0.1) is 16.3 Å². The van der Waals surface area contributed by atoms with E-state index in [4.69, 9.17) is 9.26 Å². The van der Waals surface area contributed by atoms with Crippen LogP contribution in [0.1, 0.15) is 40.0 Å². The van der Waals surface area contributed by atoms with Crippen LogP contribution in [-0.2, 0) is 10.5 Å². The van der Waals surface area contributed by atoms with E-state index < -0.39 is 12.1 Å². The molecule has 152 valence electrons. The Morgan fingerprint density at radius 1 is 1.23 bits per heavy atom. The number of carbonyl (C=O) groups excluding carboxylic acids is 1. The van der Waals surface area contributed by atoms with Crippen LogP contribution >= 0.6 is 23.1 Å². The third kappa shape index (κ3) is 4.92. The van der Waals surface area contributed by atoms with Crippen LogP contribution in [0.5, 0.6) is 0 Å². The van der Waals surface area contributed by atoms with Crippen molar-refractivity contribution in [3.8, 4) is 11.4 Å². The van der Waals surface area contributed by atoms with Crippen LogP contribution in [0.2, 0.25) is 0 Å². The maximum atomic E-state index is 12.5. The number of thioether (sulfide) groups is 1. The molecule has 0 N–H and O–H groups in total. The molecule has 0 spiro atoms. The first-order chi connectivity index (χ1) is 14.6. The first-order valence-electron chi connectivity index (χ1n) is 9.17. The van der Waals surface area contributed by atoms with Gasteiger partial charge >= 0.3 is 5.97 Å². The average molecular weight is 439 g/mol. The minimum Gasteiger partial charge on any atom is -0.449 e. The number of hydrogen-bond acceptors (Lipinski definition) is 9. The molecule has 0 fully saturated rings. The van der Waals surface area contributed by atoms with E-state index in [2.05, 4.69) is 25.5 Å². The number of thiazole rings is 1. The van der Waals surface area contributed by atoms with Crippen LogP contribution in [0.4, 0.5) is 0 Å². The van der Waals surface area contributed by atoms with Gasteiger partial charge in [-0.05, 0) is 50.2 Å². The molecule has 1 atom stereocenters. The highest BCUT2D eigenvalue weighted by atomic mass is 32.2. The number of hydrogen-bond donors (Lipinski definition) is 0. The largest absolute Gasteiger partial charge is 0.449 e. The van der Waals surface area contributed by atoms with Crippen LogP contribution in [0, 0.1) is 6.92 Å². The Labute approximate surface area is 181 Å². The van der Waals surface area contributed by atoms with Gasteiger partial charge in [-0.25, -0.2) is 9.78 Å². The van der Waals surface area contributed by atoms with Gasteiger partial charge in [-0.1, -0.05) is 5.16 Å². The summed E-state index contributed by atoms with van der Waals surface area (Å²) in [6.07, 6.45) is 2.64. The highest BCUT2D eigenvalue weighted by Gasteiger charge is 2.20. The maximum Gasteiger partial charge on any atom is 0.338 e. The van der Waals surface area contributed by atoms with Gasteiger partial charge in [-0.2, -0.15) is 4.98 Å². The molecule has 1 aromatic carbocycles. The lowest BCUT2D eigenvalue weighted by molar-refractivity contribution is 0.0265. The van der Waals surface area contributed by atoms with Crippen LogP contribution in [0.25, 0.3) is 11.4 Å². The zero-order chi connectivity index (χ0) is 20.9. The average Bonchev–Trinajstić information content (AvgIpc) is 3.42. The van der Waals surface area contributed by atoms with Gasteiger partial charge in [0.25, 0.3) is 5.89 Å². The molecule has 3 aromatic heterocycles. The Kier molecular flexibility index (Phi) is 6.20. The van der Waals surface area contributed by atoms with Crippen molar-refractivity contribution in [1.29, 1.82) is 0 Å². The van der Waals surface area contributed by atoms with Crippen LogP contribution in [-0.4, -0.2) is 26.1 Å². The molecule has 4 aromatic rings. The lowest BCUT2D eigenvalue weighted by atomic mass is 10.2. The van der Waals surface area contributed by atoms with Crippen LogP contribution < -0.4 is 0 Å². The zero-order valence-electron chi connectivity index (χ0n) is 16.3. The first kappa shape index (κ1) is 20.2. The van der Waals surface area contributed by atoms with Gasteiger partial charge in [-0.3, -0.25) is 4.98 Å². The predicted octanol–water partition coefficient (Wildman–Crippen LogP) is 5.11. The fourth-order valence-electron chi connectivity index (χ4n) is 2.61. The maximum absolute atomic E-state index is 12.5. The van der Waals surface area contributed by atoms with Gasteiger partial charge in [0.2, 0.25) is 5.82 Å². The van der Waals surface area contributed by atoms with Crippen molar-refractivity contribution in [1.82, 2.24) is 20.1 Å². The molecule has 7 nitrogen and oxygen atoms in total. The standard InChI is InChI=1S/C21H18N4O3S2/c1-13(20-24-19(25-28-20)16-4-3-9-22-10-16)27-21(26)15-5-7-18(8-6-15)30-12-17-11-29-14(2)23-17/h3-11,13H,12H2,1-2H3. The number of rotatable bonds is 7. The molecular weight excluding hydrogens is 420 g/mol.